The van der Waals surface area contributed by atoms with Crippen molar-refractivity contribution in [2.45, 2.75) is 12.6 Å². The molecule has 2 rings (SSSR count). The summed E-state index contributed by atoms with van der Waals surface area (Å²) in [6.07, 6.45) is -4.19. The molecule has 0 N–H and O–H groups in total. The summed E-state index contributed by atoms with van der Waals surface area (Å²) in [4.78, 5) is 17.4. The van der Waals surface area contributed by atoms with E-state index in [0.29, 0.717) is 11.4 Å². The minimum atomic E-state index is -4.61. The van der Waals surface area contributed by atoms with Crippen LogP contribution in [0.2, 0.25) is 5.02 Å². The van der Waals surface area contributed by atoms with Gasteiger partial charge in [0.05, 0.1) is 24.8 Å². The Hall–Kier alpha value is -2.05. The molecule has 24 heavy (non-hydrogen) atoms. The third-order valence-corrected chi connectivity index (χ3v) is 3.68. The van der Waals surface area contributed by atoms with Gasteiger partial charge < -0.3 is 0 Å². The van der Waals surface area contributed by atoms with Gasteiger partial charge in [-0.1, -0.05) is 35.9 Å². The lowest BCUT2D eigenvalue weighted by Gasteiger charge is -2.21. The summed E-state index contributed by atoms with van der Waals surface area (Å²) in [6.45, 7) is 0.114. The third kappa shape index (κ3) is 4.49. The van der Waals surface area contributed by atoms with Crippen molar-refractivity contribution in [2.75, 3.05) is 13.7 Å². The van der Waals surface area contributed by atoms with E-state index in [2.05, 4.69) is 0 Å². The average Bonchev–Trinajstić information content (AvgIpc) is 2.56. The number of nitrogens with zero attached hydrogens (tertiary/aromatic N) is 1. The van der Waals surface area contributed by atoms with Crippen LogP contribution in [0.15, 0.2) is 48.5 Å². The van der Waals surface area contributed by atoms with Crippen LogP contribution < -0.4 is 0 Å². The summed E-state index contributed by atoms with van der Waals surface area (Å²) in [7, 11) is 1.25. The number of amides is 1. The zero-order chi connectivity index (χ0) is 17.7. The molecular formula is C17H15ClF3NO2. The van der Waals surface area contributed by atoms with Gasteiger partial charge in [-0.2, -0.15) is 13.2 Å². The summed E-state index contributed by atoms with van der Waals surface area (Å²) >= 11 is 5.80. The number of rotatable bonds is 5. The zero-order valence-corrected chi connectivity index (χ0v) is 13.6. The van der Waals surface area contributed by atoms with Gasteiger partial charge in [-0.25, -0.2) is 5.06 Å². The van der Waals surface area contributed by atoms with E-state index in [1.54, 1.807) is 24.3 Å². The fourth-order valence-corrected chi connectivity index (χ4v) is 2.33. The molecule has 0 aliphatic rings. The van der Waals surface area contributed by atoms with Crippen LogP contribution in [-0.4, -0.2) is 24.6 Å². The highest BCUT2D eigenvalue weighted by atomic mass is 35.5. The lowest BCUT2D eigenvalue weighted by Crippen LogP contribution is -2.33. The molecule has 7 heteroatoms. The molecule has 0 aromatic heterocycles. The number of carbonyl (C=O) groups is 1. The topological polar surface area (TPSA) is 29.5 Å². The second-order valence-electron chi connectivity index (χ2n) is 5.01. The van der Waals surface area contributed by atoms with E-state index >= 15 is 0 Å². The number of alkyl halides is 3. The molecule has 2 aromatic carbocycles. The van der Waals surface area contributed by atoms with Crippen LogP contribution >= 0.6 is 11.6 Å². The summed E-state index contributed by atoms with van der Waals surface area (Å²) in [5, 5.41) is 1.50. The van der Waals surface area contributed by atoms with E-state index in [1.807, 2.05) is 0 Å². The number of halogens is 4. The quantitative estimate of drug-likeness (QED) is 0.732. The first-order valence-corrected chi connectivity index (χ1v) is 7.47. The van der Waals surface area contributed by atoms with Gasteiger partial charge in [-0.15, -0.1) is 0 Å². The molecule has 0 aliphatic carbocycles. The number of carbonyl (C=O) groups excluding carboxylic acids is 1. The van der Waals surface area contributed by atoms with E-state index in [0.717, 1.165) is 22.8 Å². The molecular weight excluding hydrogens is 343 g/mol. The zero-order valence-electron chi connectivity index (χ0n) is 12.8. The first-order valence-electron chi connectivity index (χ1n) is 7.09. The van der Waals surface area contributed by atoms with Gasteiger partial charge in [0.1, 0.15) is 0 Å². The van der Waals surface area contributed by atoms with Crippen LogP contribution in [0.4, 0.5) is 13.2 Å². The number of hydroxylamine groups is 2. The minimum Gasteiger partial charge on any atom is -0.274 e. The van der Waals surface area contributed by atoms with Crippen LogP contribution in [0, 0.1) is 0 Å². The van der Waals surface area contributed by atoms with Crippen molar-refractivity contribution in [1.82, 2.24) is 5.06 Å². The first kappa shape index (κ1) is 18.3. The molecule has 0 saturated heterocycles. The molecule has 0 radical (unpaired) electrons. The molecule has 0 heterocycles. The van der Waals surface area contributed by atoms with Crippen molar-refractivity contribution < 1.29 is 22.8 Å². The van der Waals surface area contributed by atoms with Gasteiger partial charge in [0, 0.05) is 5.02 Å². The lowest BCUT2D eigenvalue weighted by molar-refractivity contribution is -0.138. The summed E-state index contributed by atoms with van der Waals surface area (Å²) < 4.78 is 39.1. The van der Waals surface area contributed by atoms with Crippen molar-refractivity contribution in [3.8, 4) is 0 Å². The average molecular weight is 358 g/mol. The minimum absolute atomic E-state index is 0.114. The van der Waals surface area contributed by atoms with Gasteiger partial charge in [0.25, 0.3) is 5.91 Å². The van der Waals surface area contributed by atoms with E-state index in [4.69, 9.17) is 16.4 Å². The second-order valence-corrected chi connectivity index (χ2v) is 5.45. The number of hydrogen-bond donors (Lipinski definition) is 0. The first-order chi connectivity index (χ1) is 11.3. The Balaban J connectivity index is 2.16. The molecule has 0 saturated carbocycles. The number of hydrogen-bond acceptors (Lipinski definition) is 2. The molecule has 3 nitrogen and oxygen atoms in total. The largest absolute Gasteiger partial charge is 0.417 e. The second kappa shape index (κ2) is 7.68. The molecule has 0 bridgehead atoms. The van der Waals surface area contributed by atoms with Crippen molar-refractivity contribution in [3.63, 3.8) is 0 Å². The third-order valence-electron chi connectivity index (χ3n) is 3.43. The van der Waals surface area contributed by atoms with E-state index < -0.39 is 23.2 Å². The fraction of sp³-hybridized carbons (Fsp3) is 0.235. The molecule has 0 unspecified atom stereocenters. The Morgan fingerprint density at radius 2 is 1.75 bits per heavy atom. The normalized spacial score (nSPS) is 11.4. The Morgan fingerprint density at radius 1 is 1.12 bits per heavy atom. The van der Waals surface area contributed by atoms with E-state index in [1.165, 1.54) is 19.2 Å². The smallest absolute Gasteiger partial charge is 0.274 e. The monoisotopic (exact) mass is 357 g/mol. The van der Waals surface area contributed by atoms with Gasteiger partial charge in [-0.05, 0) is 36.2 Å². The maximum Gasteiger partial charge on any atom is 0.417 e. The molecule has 128 valence electrons. The Morgan fingerprint density at radius 3 is 2.33 bits per heavy atom. The van der Waals surface area contributed by atoms with Crippen LogP contribution in [0.25, 0.3) is 0 Å². The number of benzene rings is 2. The lowest BCUT2D eigenvalue weighted by atomic mass is 10.1. The Labute approximate surface area is 142 Å². The van der Waals surface area contributed by atoms with Crippen molar-refractivity contribution >= 4 is 17.5 Å². The van der Waals surface area contributed by atoms with Crippen LogP contribution in [0.1, 0.15) is 21.5 Å². The van der Waals surface area contributed by atoms with Crippen molar-refractivity contribution in [1.29, 1.82) is 0 Å². The van der Waals surface area contributed by atoms with Crippen molar-refractivity contribution in [3.05, 3.63) is 70.2 Å². The maximum atomic E-state index is 13.0. The van der Waals surface area contributed by atoms with E-state index in [-0.39, 0.29) is 6.54 Å². The molecule has 1 amide bonds. The Bertz CT molecular complexity index is 702. The molecule has 0 fully saturated rings. The molecule has 0 aliphatic heterocycles. The highest BCUT2D eigenvalue weighted by molar-refractivity contribution is 6.30. The van der Waals surface area contributed by atoms with Crippen LogP contribution in [0.3, 0.4) is 0 Å². The fourth-order valence-electron chi connectivity index (χ4n) is 2.21. The summed E-state index contributed by atoms with van der Waals surface area (Å²) in [5.74, 6) is -0.834. The molecule has 0 spiro atoms. The maximum absolute atomic E-state index is 13.0. The standard InChI is InChI=1S/C17H15ClF3NO2/c1-24-22(11-10-12-6-8-13(18)9-7-12)16(23)14-4-2-3-5-15(14)17(19,20)21/h2-9H,10-11H2,1H3. The van der Waals surface area contributed by atoms with Crippen LogP contribution in [0.5, 0.6) is 0 Å². The predicted octanol–water partition coefficient (Wildman–Crippen LogP) is 4.61. The van der Waals surface area contributed by atoms with Gasteiger partial charge >= 0.3 is 6.18 Å². The Kier molecular flexibility index (Phi) is 5.85. The SMILES string of the molecule is CON(CCc1ccc(Cl)cc1)C(=O)c1ccccc1C(F)(F)F. The molecule has 2 aromatic rings. The predicted molar refractivity (Wildman–Crippen MR) is 84.6 cm³/mol. The van der Waals surface area contributed by atoms with Crippen molar-refractivity contribution in [2.24, 2.45) is 0 Å². The van der Waals surface area contributed by atoms with Gasteiger partial charge in [0.15, 0.2) is 0 Å². The highest BCUT2D eigenvalue weighted by Crippen LogP contribution is 2.32. The van der Waals surface area contributed by atoms with Crippen LogP contribution in [-0.2, 0) is 17.4 Å². The molecule has 0 atom stereocenters. The summed E-state index contributed by atoms with van der Waals surface area (Å²) in [6, 6.07) is 11.6. The van der Waals surface area contributed by atoms with E-state index in [9.17, 15) is 18.0 Å². The summed E-state index contributed by atoms with van der Waals surface area (Å²) in [5.41, 5.74) is -0.537. The highest BCUT2D eigenvalue weighted by Gasteiger charge is 2.36. The van der Waals surface area contributed by atoms with Gasteiger partial charge in [0.2, 0.25) is 0 Å². The van der Waals surface area contributed by atoms with Gasteiger partial charge in [-0.3, -0.25) is 9.63 Å².